The van der Waals surface area contributed by atoms with E-state index in [2.05, 4.69) is 63.8 Å². The highest BCUT2D eigenvalue weighted by molar-refractivity contribution is 9.10. The summed E-state index contributed by atoms with van der Waals surface area (Å²) in [5, 5.41) is 0. The van der Waals surface area contributed by atoms with Gasteiger partial charge in [-0.1, -0.05) is 41.9 Å². The van der Waals surface area contributed by atoms with Crippen molar-refractivity contribution in [3.05, 3.63) is 34.3 Å². The summed E-state index contributed by atoms with van der Waals surface area (Å²) < 4.78 is 1.13. The Hall–Kier alpha value is -0.420. The molecule has 0 aromatic heterocycles. The Kier molecular flexibility index (Phi) is 6.02. The maximum Gasteiger partial charge on any atom is 0.0471 e. The largest absolute Gasteiger partial charge is 0.329 e. The van der Waals surface area contributed by atoms with Crippen LogP contribution in [0.25, 0.3) is 0 Å². The van der Waals surface area contributed by atoms with E-state index in [4.69, 9.17) is 5.73 Å². The van der Waals surface area contributed by atoms with E-state index in [0.29, 0.717) is 12.6 Å². The lowest BCUT2D eigenvalue weighted by atomic mass is 10.0. The third kappa shape index (κ3) is 4.29. The van der Waals surface area contributed by atoms with Gasteiger partial charge in [0.1, 0.15) is 0 Å². The minimum atomic E-state index is 0.341. The molecule has 112 valence electrons. The summed E-state index contributed by atoms with van der Waals surface area (Å²) in [6, 6.07) is 8.88. The fourth-order valence-corrected chi connectivity index (χ4v) is 3.40. The molecule has 2 N–H and O–H groups in total. The zero-order valence-electron chi connectivity index (χ0n) is 12.6. The molecule has 1 aromatic rings. The SMILES string of the molecule is CC(C)CN1CCN(C(CN)c2cccc(Br)c2)CC1. The Morgan fingerprint density at radius 1 is 1.20 bits per heavy atom. The molecule has 1 fully saturated rings. The van der Waals surface area contributed by atoms with Crippen LogP contribution >= 0.6 is 15.9 Å². The molecule has 1 aliphatic rings. The zero-order valence-corrected chi connectivity index (χ0v) is 14.1. The topological polar surface area (TPSA) is 32.5 Å². The highest BCUT2D eigenvalue weighted by Crippen LogP contribution is 2.24. The van der Waals surface area contributed by atoms with E-state index in [1.54, 1.807) is 0 Å². The average Bonchev–Trinajstić information content (AvgIpc) is 2.41. The standard InChI is InChI=1S/C16H26BrN3/c1-13(2)12-19-6-8-20(9-7-19)16(11-18)14-4-3-5-15(17)10-14/h3-5,10,13,16H,6-9,11-12,18H2,1-2H3. The first kappa shape index (κ1) is 16.0. The van der Waals surface area contributed by atoms with Crippen LogP contribution in [0.15, 0.2) is 28.7 Å². The first-order chi connectivity index (χ1) is 9.60. The molecule has 0 bridgehead atoms. The van der Waals surface area contributed by atoms with Gasteiger partial charge in [-0.25, -0.2) is 0 Å². The number of hydrogen-bond acceptors (Lipinski definition) is 3. The summed E-state index contributed by atoms with van der Waals surface area (Å²) in [6.45, 7) is 11.0. The van der Waals surface area contributed by atoms with Crippen molar-refractivity contribution < 1.29 is 0 Å². The molecule has 1 aliphatic heterocycles. The van der Waals surface area contributed by atoms with Crippen LogP contribution in [-0.4, -0.2) is 49.1 Å². The van der Waals surface area contributed by atoms with Crippen LogP contribution in [0.1, 0.15) is 25.5 Å². The predicted octanol–water partition coefficient (Wildman–Crippen LogP) is 2.72. The summed E-state index contributed by atoms with van der Waals surface area (Å²) in [4.78, 5) is 5.09. The molecule has 3 nitrogen and oxygen atoms in total. The fourth-order valence-electron chi connectivity index (χ4n) is 2.98. The van der Waals surface area contributed by atoms with Crippen LogP contribution in [0, 0.1) is 5.92 Å². The van der Waals surface area contributed by atoms with Gasteiger partial charge in [0.2, 0.25) is 0 Å². The first-order valence-corrected chi connectivity index (χ1v) is 8.31. The van der Waals surface area contributed by atoms with Crippen molar-refractivity contribution >= 4 is 15.9 Å². The molecule has 0 radical (unpaired) electrons. The van der Waals surface area contributed by atoms with E-state index in [1.807, 2.05) is 0 Å². The van der Waals surface area contributed by atoms with Gasteiger partial charge in [0.15, 0.2) is 0 Å². The van der Waals surface area contributed by atoms with Gasteiger partial charge in [-0.05, 0) is 23.6 Å². The Labute approximate surface area is 131 Å². The molecule has 1 unspecified atom stereocenters. The van der Waals surface area contributed by atoms with Crippen LogP contribution in [0.5, 0.6) is 0 Å². The van der Waals surface area contributed by atoms with E-state index in [9.17, 15) is 0 Å². The number of nitrogens with zero attached hydrogens (tertiary/aromatic N) is 2. The van der Waals surface area contributed by atoms with Gasteiger partial charge in [-0.2, -0.15) is 0 Å². The summed E-state index contributed by atoms with van der Waals surface area (Å²) in [6.07, 6.45) is 0. The van der Waals surface area contributed by atoms with E-state index in [0.717, 1.165) is 36.6 Å². The second-order valence-electron chi connectivity index (χ2n) is 6.04. The van der Waals surface area contributed by atoms with Gasteiger partial charge in [0.05, 0.1) is 0 Å². The Morgan fingerprint density at radius 2 is 1.90 bits per heavy atom. The molecule has 20 heavy (non-hydrogen) atoms. The zero-order chi connectivity index (χ0) is 14.5. The molecule has 0 amide bonds. The average molecular weight is 340 g/mol. The minimum Gasteiger partial charge on any atom is -0.329 e. The van der Waals surface area contributed by atoms with Crippen LogP contribution < -0.4 is 5.73 Å². The molecule has 1 aromatic carbocycles. The van der Waals surface area contributed by atoms with Crippen molar-refractivity contribution in [3.8, 4) is 0 Å². The van der Waals surface area contributed by atoms with Gasteiger partial charge >= 0.3 is 0 Å². The van der Waals surface area contributed by atoms with Crippen LogP contribution in [0.3, 0.4) is 0 Å². The lowest BCUT2D eigenvalue weighted by Gasteiger charge is -2.39. The number of nitrogens with two attached hydrogens (primary N) is 1. The molecule has 4 heteroatoms. The summed E-state index contributed by atoms with van der Waals surface area (Å²) in [7, 11) is 0. The Bertz CT molecular complexity index is 414. The molecule has 0 aliphatic carbocycles. The lowest BCUT2D eigenvalue weighted by Crippen LogP contribution is -2.49. The summed E-state index contributed by atoms with van der Waals surface area (Å²) in [5.41, 5.74) is 7.35. The van der Waals surface area contributed by atoms with Crippen LogP contribution in [-0.2, 0) is 0 Å². The maximum absolute atomic E-state index is 6.03. The molecular weight excluding hydrogens is 314 g/mol. The van der Waals surface area contributed by atoms with E-state index in [1.165, 1.54) is 12.1 Å². The second-order valence-corrected chi connectivity index (χ2v) is 6.95. The highest BCUT2D eigenvalue weighted by Gasteiger charge is 2.24. The van der Waals surface area contributed by atoms with E-state index < -0.39 is 0 Å². The number of hydrogen-bond donors (Lipinski definition) is 1. The molecular formula is C16H26BrN3. The Balaban J connectivity index is 1.97. The molecule has 1 saturated heterocycles. The van der Waals surface area contributed by atoms with Crippen molar-refractivity contribution in [3.63, 3.8) is 0 Å². The summed E-state index contributed by atoms with van der Waals surface area (Å²) in [5.74, 6) is 0.747. The van der Waals surface area contributed by atoms with Gasteiger partial charge in [-0.15, -0.1) is 0 Å². The van der Waals surface area contributed by atoms with Crippen molar-refractivity contribution in [1.82, 2.24) is 9.80 Å². The number of piperazine rings is 1. The molecule has 1 heterocycles. The Morgan fingerprint density at radius 3 is 2.45 bits per heavy atom. The van der Waals surface area contributed by atoms with Gasteiger partial charge in [0.25, 0.3) is 0 Å². The van der Waals surface area contributed by atoms with Gasteiger partial charge in [-0.3, -0.25) is 4.90 Å². The van der Waals surface area contributed by atoms with Crippen LogP contribution in [0.4, 0.5) is 0 Å². The number of benzene rings is 1. The predicted molar refractivity (Wildman–Crippen MR) is 88.8 cm³/mol. The first-order valence-electron chi connectivity index (χ1n) is 7.52. The fraction of sp³-hybridized carbons (Fsp3) is 0.625. The highest BCUT2D eigenvalue weighted by atomic mass is 79.9. The second kappa shape index (κ2) is 7.55. The normalized spacial score (nSPS) is 19.4. The number of rotatable bonds is 5. The van der Waals surface area contributed by atoms with E-state index >= 15 is 0 Å². The van der Waals surface area contributed by atoms with Crippen molar-refractivity contribution in [2.24, 2.45) is 11.7 Å². The minimum absolute atomic E-state index is 0.341. The maximum atomic E-state index is 6.03. The van der Waals surface area contributed by atoms with Crippen molar-refractivity contribution in [1.29, 1.82) is 0 Å². The molecule has 1 atom stereocenters. The summed E-state index contributed by atoms with van der Waals surface area (Å²) >= 11 is 3.55. The van der Waals surface area contributed by atoms with Gasteiger partial charge in [0, 0.05) is 49.8 Å². The van der Waals surface area contributed by atoms with Crippen molar-refractivity contribution in [2.45, 2.75) is 19.9 Å². The molecule has 0 spiro atoms. The third-order valence-electron chi connectivity index (χ3n) is 3.93. The van der Waals surface area contributed by atoms with Crippen molar-refractivity contribution in [2.75, 3.05) is 39.3 Å². The van der Waals surface area contributed by atoms with Gasteiger partial charge < -0.3 is 10.6 Å². The molecule has 2 rings (SSSR count). The van der Waals surface area contributed by atoms with E-state index in [-0.39, 0.29) is 0 Å². The lowest BCUT2D eigenvalue weighted by molar-refractivity contribution is 0.0912. The van der Waals surface area contributed by atoms with Crippen LogP contribution in [0.2, 0.25) is 0 Å². The quantitative estimate of drug-likeness (QED) is 0.895. The third-order valence-corrected chi connectivity index (χ3v) is 4.42. The smallest absolute Gasteiger partial charge is 0.0471 e. The monoisotopic (exact) mass is 339 g/mol. The molecule has 0 saturated carbocycles. The number of halogens is 1.